The average Bonchev–Trinajstić information content (AvgIpc) is 2.80. The van der Waals surface area contributed by atoms with E-state index < -0.39 is 9.84 Å². The Morgan fingerprint density at radius 1 is 0.720 bits per heavy atom. The maximum Gasteiger partial charge on any atom is 0.197 e. The number of halogens is 1. The lowest BCUT2D eigenvalue weighted by molar-refractivity contribution is 0.322. The van der Waals surface area contributed by atoms with Gasteiger partial charge in [-0.25, -0.2) is 8.42 Å². The molecule has 2 nitrogen and oxygen atoms in total. The second kappa shape index (κ2) is 9.21. The maximum atomic E-state index is 12.5. The molecule has 2 aliphatic carbocycles. The molecule has 2 atom stereocenters. The van der Waals surface area contributed by atoms with Crippen LogP contribution in [0.3, 0.4) is 0 Å². The van der Waals surface area contributed by atoms with Crippen LogP contribution in [0.4, 0.5) is 0 Å². The van der Waals surface area contributed by atoms with Gasteiger partial charge in [-0.15, -0.1) is 0 Å². The van der Waals surface area contributed by atoms with E-state index in [9.17, 15) is 8.42 Å². The van der Waals surface area contributed by atoms with Gasteiger partial charge in [-0.3, -0.25) is 0 Å². The number of rotatable bonds is 0. The zero-order valence-corrected chi connectivity index (χ0v) is 17.8. The molecule has 1 aliphatic heterocycles. The van der Waals surface area contributed by atoms with Crippen LogP contribution in [-0.4, -0.2) is 8.42 Å². The highest BCUT2D eigenvalue weighted by Gasteiger charge is 2.30. The van der Waals surface area contributed by atoms with E-state index in [0.29, 0.717) is 5.92 Å². The Morgan fingerprint density at radius 2 is 1.24 bits per heavy atom. The lowest BCUT2D eigenvalue weighted by atomic mass is 9.83. The maximum absolute atomic E-state index is 12.5. The standard InChI is InChI=1S/C21H33BrO2S/c22-20-16-25(23,24)21-15-13-18-9-7-5-3-1-2-4-6-8-17(10-11-18)12-14-19(20)21/h16-18H,1-15H2/t17?,18-/m0/s1. The van der Waals surface area contributed by atoms with Crippen molar-refractivity contribution in [3.8, 4) is 0 Å². The Balaban J connectivity index is 1.79. The molecule has 0 spiro atoms. The SMILES string of the molecule is O=S1(=O)C=C(Br)C2=C1CC[C@H]1CCCCCCCCCC(CC2)CC1. The molecule has 1 saturated carbocycles. The fourth-order valence-corrected chi connectivity index (χ4v) is 7.73. The molecule has 25 heavy (non-hydrogen) atoms. The predicted molar refractivity (Wildman–Crippen MR) is 109 cm³/mol. The summed E-state index contributed by atoms with van der Waals surface area (Å²) in [7, 11) is -3.17. The number of sulfone groups is 1. The van der Waals surface area contributed by atoms with Crippen LogP contribution in [0.2, 0.25) is 0 Å². The van der Waals surface area contributed by atoms with Crippen LogP contribution in [0.25, 0.3) is 0 Å². The van der Waals surface area contributed by atoms with E-state index in [1.165, 1.54) is 76.0 Å². The number of hydrogen-bond donors (Lipinski definition) is 0. The first kappa shape index (κ1) is 19.7. The topological polar surface area (TPSA) is 34.1 Å². The first-order chi connectivity index (χ1) is 12.1. The third kappa shape index (κ3) is 5.45. The van der Waals surface area contributed by atoms with Crippen LogP contribution in [0.15, 0.2) is 20.4 Å². The van der Waals surface area contributed by atoms with E-state index in [-0.39, 0.29) is 0 Å². The van der Waals surface area contributed by atoms with E-state index in [2.05, 4.69) is 15.9 Å². The van der Waals surface area contributed by atoms with Crippen LogP contribution in [0, 0.1) is 11.8 Å². The summed E-state index contributed by atoms with van der Waals surface area (Å²) in [6, 6.07) is 0. The van der Waals surface area contributed by atoms with Crippen molar-refractivity contribution in [2.45, 2.75) is 96.3 Å². The molecular formula is C21H33BrO2S. The van der Waals surface area contributed by atoms with Crippen LogP contribution in [0.1, 0.15) is 96.3 Å². The van der Waals surface area contributed by atoms with E-state index in [0.717, 1.165) is 46.6 Å². The molecule has 142 valence electrons. The van der Waals surface area contributed by atoms with Crippen molar-refractivity contribution in [3.05, 3.63) is 20.4 Å². The van der Waals surface area contributed by atoms with Gasteiger partial charge in [-0.2, -0.15) is 0 Å². The van der Waals surface area contributed by atoms with Crippen molar-refractivity contribution in [2.24, 2.45) is 11.8 Å². The molecule has 2 bridgehead atoms. The van der Waals surface area contributed by atoms with Crippen LogP contribution in [-0.2, 0) is 9.84 Å². The van der Waals surface area contributed by atoms with Crippen molar-refractivity contribution in [1.29, 1.82) is 0 Å². The molecule has 1 unspecified atom stereocenters. The fraction of sp³-hybridized carbons (Fsp3) is 0.810. The van der Waals surface area contributed by atoms with Crippen molar-refractivity contribution in [3.63, 3.8) is 0 Å². The molecule has 3 rings (SSSR count). The lowest BCUT2D eigenvalue weighted by Crippen LogP contribution is -2.11. The predicted octanol–water partition coefficient (Wildman–Crippen LogP) is 7.02. The zero-order chi connectivity index (χ0) is 17.7. The highest BCUT2D eigenvalue weighted by Crippen LogP contribution is 2.42. The smallest absolute Gasteiger partial charge is 0.197 e. The Labute approximate surface area is 162 Å². The summed E-state index contributed by atoms with van der Waals surface area (Å²) in [6.07, 6.45) is 18.8. The second-order valence-electron chi connectivity index (χ2n) is 8.35. The Bertz CT molecular complexity index is 618. The molecular weight excluding hydrogens is 396 g/mol. The molecule has 0 radical (unpaired) electrons. The summed E-state index contributed by atoms with van der Waals surface area (Å²) in [6.45, 7) is 0. The van der Waals surface area contributed by atoms with Gasteiger partial charge in [-0.05, 0) is 59.0 Å². The van der Waals surface area contributed by atoms with Crippen molar-refractivity contribution >= 4 is 25.8 Å². The molecule has 1 heterocycles. The zero-order valence-electron chi connectivity index (χ0n) is 15.4. The Morgan fingerprint density at radius 3 is 1.84 bits per heavy atom. The summed E-state index contributed by atoms with van der Waals surface area (Å²) in [4.78, 5) is 0.731. The molecule has 0 N–H and O–H groups in total. The fourth-order valence-electron chi connectivity index (χ4n) is 4.91. The molecule has 4 heteroatoms. The summed E-state index contributed by atoms with van der Waals surface area (Å²) in [5, 5.41) is 1.46. The Kier molecular flexibility index (Phi) is 7.25. The van der Waals surface area contributed by atoms with Crippen LogP contribution < -0.4 is 0 Å². The van der Waals surface area contributed by atoms with Gasteiger partial charge < -0.3 is 0 Å². The van der Waals surface area contributed by atoms with Crippen molar-refractivity contribution < 1.29 is 8.42 Å². The monoisotopic (exact) mass is 428 g/mol. The minimum Gasteiger partial charge on any atom is -0.219 e. The number of fused-ring (bicyclic) bond motifs is 3. The van der Waals surface area contributed by atoms with Gasteiger partial charge in [0.25, 0.3) is 0 Å². The van der Waals surface area contributed by atoms with E-state index in [4.69, 9.17) is 0 Å². The molecule has 0 saturated heterocycles. The van der Waals surface area contributed by atoms with Gasteiger partial charge in [0.05, 0.1) is 4.91 Å². The summed E-state index contributed by atoms with van der Waals surface area (Å²) in [5.74, 6) is 1.49. The van der Waals surface area contributed by atoms with Gasteiger partial charge in [0, 0.05) is 9.89 Å². The van der Waals surface area contributed by atoms with E-state index >= 15 is 0 Å². The molecule has 1 fully saturated rings. The third-order valence-corrected chi connectivity index (χ3v) is 9.21. The summed E-state index contributed by atoms with van der Waals surface area (Å²) in [5.41, 5.74) is 1.09. The molecule has 0 aromatic carbocycles. The highest BCUT2D eigenvalue weighted by atomic mass is 79.9. The highest BCUT2D eigenvalue weighted by molar-refractivity contribution is 9.12. The van der Waals surface area contributed by atoms with Gasteiger partial charge >= 0.3 is 0 Å². The normalized spacial score (nSPS) is 32.1. The van der Waals surface area contributed by atoms with Gasteiger partial charge in [0.15, 0.2) is 9.84 Å². The first-order valence-electron chi connectivity index (χ1n) is 10.4. The second-order valence-corrected chi connectivity index (χ2v) is 11.0. The van der Waals surface area contributed by atoms with E-state index in [1.807, 2.05) is 0 Å². The van der Waals surface area contributed by atoms with Crippen molar-refractivity contribution in [1.82, 2.24) is 0 Å². The molecule has 3 aliphatic rings. The molecule has 0 aromatic heterocycles. The minimum atomic E-state index is -3.17. The largest absolute Gasteiger partial charge is 0.219 e. The first-order valence-corrected chi connectivity index (χ1v) is 12.7. The summed E-state index contributed by atoms with van der Waals surface area (Å²) >= 11 is 3.53. The minimum absolute atomic E-state index is 0.713. The molecule has 0 aromatic rings. The average molecular weight is 429 g/mol. The van der Waals surface area contributed by atoms with Crippen molar-refractivity contribution in [2.75, 3.05) is 0 Å². The van der Waals surface area contributed by atoms with Gasteiger partial charge in [0.2, 0.25) is 0 Å². The quantitative estimate of drug-likeness (QED) is 0.415. The third-order valence-electron chi connectivity index (χ3n) is 6.52. The van der Waals surface area contributed by atoms with Crippen LogP contribution >= 0.6 is 15.9 Å². The lowest BCUT2D eigenvalue weighted by Gasteiger charge is -2.24. The van der Waals surface area contributed by atoms with Gasteiger partial charge in [-0.1, -0.05) is 70.6 Å². The van der Waals surface area contributed by atoms with E-state index in [1.54, 1.807) is 0 Å². The number of allylic oxidation sites excluding steroid dienone is 3. The number of hydrogen-bond acceptors (Lipinski definition) is 2. The molecule has 0 amide bonds. The Hall–Kier alpha value is -0.0900. The summed E-state index contributed by atoms with van der Waals surface area (Å²) < 4.78 is 25.9. The van der Waals surface area contributed by atoms with Gasteiger partial charge in [0.1, 0.15) is 0 Å². The van der Waals surface area contributed by atoms with Crippen LogP contribution in [0.5, 0.6) is 0 Å².